The molecule has 31 heavy (non-hydrogen) atoms. The highest BCUT2D eigenvalue weighted by atomic mass is 16.2. The van der Waals surface area contributed by atoms with Gasteiger partial charge in [0.1, 0.15) is 5.82 Å². The zero-order valence-electron chi connectivity index (χ0n) is 17.8. The van der Waals surface area contributed by atoms with Crippen LogP contribution in [0.2, 0.25) is 0 Å². The van der Waals surface area contributed by atoms with Crippen molar-refractivity contribution in [3.05, 3.63) is 66.9 Å². The van der Waals surface area contributed by atoms with E-state index in [4.69, 9.17) is 0 Å². The Morgan fingerprint density at radius 3 is 2.55 bits per heavy atom. The van der Waals surface area contributed by atoms with Crippen LogP contribution < -0.4 is 15.1 Å². The summed E-state index contributed by atoms with van der Waals surface area (Å²) >= 11 is 0. The summed E-state index contributed by atoms with van der Waals surface area (Å²) in [5, 5.41) is 5.54. The first-order valence-corrected chi connectivity index (χ1v) is 11.0. The highest BCUT2D eigenvalue weighted by molar-refractivity contribution is 6.09. The minimum Gasteiger partial charge on any atom is -0.345 e. The molecule has 4 aromatic rings. The first-order valence-electron chi connectivity index (χ1n) is 11.0. The summed E-state index contributed by atoms with van der Waals surface area (Å²) < 4.78 is 2.32. The molecule has 0 atom stereocenters. The lowest BCUT2D eigenvalue weighted by Crippen LogP contribution is -3.15. The number of quaternary nitrogens is 1. The molecule has 2 aromatic heterocycles. The largest absolute Gasteiger partial charge is 0.345 e. The number of pyridine rings is 1. The van der Waals surface area contributed by atoms with Crippen LogP contribution in [0, 0.1) is 0 Å². The van der Waals surface area contributed by atoms with E-state index in [1.54, 1.807) is 0 Å². The van der Waals surface area contributed by atoms with Gasteiger partial charge < -0.3 is 19.7 Å². The predicted molar refractivity (Wildman–Crippen MR) is 126 cm³/mol. The molecule has 1 amide bonds. The number of anilines is 2. The Balaban J connectivity index is 1.25. The Morgan fingerprint density at radius 1 is 1.00 bits per heavy atom. The van der Waals surface area contributed by atoms with Crippen LogP contribution in [0.1, 0.15) is 6.92 Å². The SMILES string of the molecule is CCn1c2ccccc2c2cc(NC(=O)C[NH+]3CCN(c4ccccn4)CC3)ccc21. The van der Waals surface area contributed by atoms with Gasteiger partial charge in [0.15, 0.2) is 6.54 Å². The normalized spacial score (nSPS) is 14.9. The number of carbonyl (C=O) groups excluding carboxylic acids is 1. The van der Waals surface area contributed by atoms with E-state index in [0.717, 1.165) is 44.2 Å². The smallest absolute Gasteiger partial charge is 0.279 e. The van der Waals surface area contributed by atoms with Crippen LogP contribution >= 0.6 is 0 Å². The number of piperazine rings is 1. The zero-order valence-corrected chi connectivity index (χ0v) is 17.8. The van der Waals surface area contributed by atoms with Crippen molar-refractivity contribution in [3.63, 3.8) is 0 Å². The predicted octanol–water partition coefficient (Wildman–Crippen LogP) is 2.55. The van der Waals surface area contributed by atoms with Crippen molar-refractivity contribution in [3.8, 4) is 0 Å². The van der Waals surface area contributed by atoms with E-state index in [1.165, 1.54) is 26.7 Å². The Bertz CT molecular complexity index is 1210. The average molecular weight is 415 g/mol. The fourth-order valence-electron chi connectivity index (χ4n) is 4.67. The van der Waals surface area contributed by atoms with Crippen LogP contribution in [0.25, 0.3) is 21.8 Å². The fourth-order valence-corrected chi connectivity index (χ4v) is 4.67. The van der Waals surface area contributed by atoms with Crippen LogP contribution in [0.5, 0.6) is 0 Å². The Morgan fingerprint density at radius 2 is 1.77 bits per heavy atom. The number of nitrogens with zero attached hydrogens (tertiary/aromatic N) is 3. The third kappa shape index (κ3) is 3.86. The first-order chi connectivity index (χ1) is 15.2. The van der Waals surface area contributed by atoms with Gasteiger partial charge in [-0.05, 0) is 43.3 Å². The molecule has 1 fully saturated rings. The maximum absolute atomic E-state index is 12.7. The molecule has 0 spiro atoms. The van der Waals surface area contributed by atoms with Crippen LogP contribution in [0.3, 0.4) is 0 Å². The van der Waals surface area contributed by atoms with E-state index in [2.05, 4.69) is 63.1 Å². The van der Waals surface area contributed by atoms with E-state index < -0.39 is 0 Å². The van der Waals surface area contributed by atoms with Crippen molar-refractivity contribution in [1.29, 1.82) is 0 Å². The van der Waals surface area contributed by atoms with Crippen molar-refractivity contribution in [2.45, 2.75) is 13.5 Å². The lowest BCUT2D eigenvalue weighted by molar-refractivity contribution is -0.892. The maximum Gasteiger partial charge on any atom is 0.279 e. The second kappa shape index (κ2) is 8.40. The van der Waals surface area contributed by atoms with Gasteiger partial charge in [0.2, 0.25) is 0 Å². The van der Waals surface area contributed by atoms with E-state index in [-0.39, 0.29) is 5.91 Å². The quantitative estimate of drug-likeness (QED) is 0.528. The maximum atomic E-state index is 12.7. The van der Waals surface area contributed by atoms with Crippen molar-refractivity contribution < 1.29 is 9.69 Å². The molecule has 2 N–H and O–H groups in total. The summed E-state index contributed by atoms with van der Waals surface area (Å²) in [5.41, 5.74) is 3.31. The topological polar surface area (TPSA) is 54.6 Å². The van der Waals surface area contributed by atoms with Crippen LogP contribution in [0.4, 0.5) is 11.5 Å². The van der Waals surface area contributed by atoms with Crippen molar-refractivity contribution in [1.82, 2.24) is 9.55 Å². The molecule has 0 radical (unpaired) electrons. The summed E-state index contributed by atoms with van der Waals surface area (Å²) in [4.78, 5) is 20.8. The lowest BCUT2D eigenvalue weighted by atomic mass is 10.1. The fraction of sp³-hybridized carbons (Fsp3) is 0.280. The molecular formula is C25H28N5O+. The summed E-state index contributed by atoms with van der Waals surface area (Å²) in [7, 11) is 0. The Labute approximate surface area is 182 Å². The standard InChI is InChI=1S/C25H27N5O/c1-2-30-22-8-4-3-7-20(22)21-17-19(10-11-23(21)30)27-25(31)18-28-13-15-29(16-14-28)24-9-5-6-12-26-24/h3-12,17H,2,13-16,18H2,1H3,(H,27,31)/p+1. The van der Waals surface area contributed by atoms with Gasteiger partial charge in [-0.2, -0.15) is 0 Å². The molecule has 0 unspecified atom stereocenters. The van der Waals surface area contributed by atoms with Gasteiger partial charge in [0, 0.05) is 40.2 Å². The molecule has 158 valence electrons. The summed E-state index contributed by atoms with van der Waals surface area (Å²) in [6.07, 6.45) is 1.83. The number of hydrogen-bond acceptors (Lipinski definition) is 3. The summed E-state index contributed by atoms with van der Waals surface area (Å²) in [6.45, 7) is 7.29. The molecule has 0 saturated carbocycles. The number of benzene rings is 2. The summed E-state index contributed by atoms with van der Waals surface area (Å²) in [6, 6.07) is 20.7. The molecule has 6 nitrogen and oxygen atoms in total. The van der Waals surface area contributed by atoms with Gasteiger partial charge in [0.05, 0.1) is 26.2 Å². The molecule has 5 rings (SSSR count). The number of aromatic nitrogens is 2. The molecule has 0 bridgehead atoms. The van der Waals surface area contributed by atoms with Crippen LogP contribution in [-0.4, -0.2) is 48.2 Å². The number of amides is 1. The third-order valence-electron chi connectivity index (χ3n) is 6.23. The van der Waals surface area contributed by atoms with E-state index in [0.29, 0.717) is 6.54 Å². The molecule has 6 heteroatoms. The van der Waals surface area contributed by atoms with Gasteiger partial charge in [-0.15, -0.1) is 0 Å². The zero-order chi connectivity index (χ0) is 21.2. The van der Waals surface area contributed by atoms with Gasteiger partial charge in [0.25, 0.3) is 5.91 Å². The first kappa shape index (κ1) is 19.6. The van der Waals surface area contributed by atoms with Crippen molar-refractivity contribution in [2.75, 3.05) is 42.9 Å². The minimum atomic E-state index is 0.0693. The molecule has 0 aliphatic carbocycles. The molecular weight excluding hydrogens is 386 g/mol. The molecule has 1 aliphatic rings. The van der Waals surface area contributed by atoms with Gasteiger partial charge in [-0.3, -0.25) is 4.79 Å². The molecule has 1 aliphatic heterocycles. The number of rotatable bonds is 5. The number of carbonyl (C=O) groups is 1. The number of nitrogens with one attached hydrogen (secondary N) is 2. The highest BCUT2D eigenvalue weighted by Gasteiger charge is 2.23. The number of aryl methyl sites for hydroxylation is 1. The lowest BCUT2D eigenvalue weighted by Gasteiger charge is -2.32. The number of fused-ring (bicyclic) bond motifs is 3. The van der Waals surface area contributed by atoms with Gasteiger partial charge in [-0.1, -0.05) is 24.3 Å². The average Bonchev–Trinajstić information content (AvgIpc) is 3.13. The third-order valence-corrected chi connectivity index (χ3v) is 6.23. The monoisotopic (exact) mass is 414 g/mol. The molecule has 1 saturated heterocycles. The Hall–Kier alpha value is -3.38. The second-order valence-electron chi connectivity index (χ2n) is 8.14. The van der Waals surface area contributed by atoms with Crippen LogP contribution in [-0.2, 0) is 11.3 Å². The second-order valence-corrected chi connectivity index (χ2v) is 8.14. The van der Waals surface area contributed by atoms with Crippen molar-refractivity contribution in [2.24, 2.45) is 0 Å². The van der Waals surface area contributed by atoms with Crippen molar-refractivity contribution >= 4 is 39.2 Å². The van der Waals surface area contributed by atoms with E-state index >= 15 is 0 Å². The van der Waals surface area contributed by atoms with Gasteiger partial charge >= 0.3 is 0 Å². The molecule has 3 heterocycles. The number of hydrogen-bond donors (Lipinski definition) is 2. The van der Waals surface area contributed by atoms with E-state index in [1.807, 2.05) is 30.5 Å². The minimum absolute atomic E-state index is 0.0693. The Kier molecular flexibility index (Phi) is 5.30. The highest BCUT2D eigenvalue weighted by Crippen LogP contribution is 2.30. The molecule has 2 aromatic carbocycles. The number of para-hydroxylation sites is 1. The van der Waals surface area contributed by atoms with Crippen LogP contribution in [0.15, 0.2) is 66.9 Å². The van der Waals surface area contributed by atoms with E-state index in [9.17, 15) is 4.79 Å². The summed E-state index contributed by atoms with van der Waals surface area (Å²) in [5.74, 6) is 1.09. The van der Waals surface area contributed by atoms with Gasteiger partial charge in [-0.25, -0.2) is 4.98 Å².